The topological polar surface area (TPSA) is 41.5 Å². The molecule has 19 heavy (non-hydrogen) atoms. The molecule has 1 atom stereocenters. The molecule has 0 aliphatic rings. The van der Waals surface area contributed by atoms with Gasteiger partial charge in [0.2, 0.25) is 0 Å². The van der Waals surface area contributed by atoms with Gasteiger partial charge in [0.1, 0.15) is 5.75 Å². The molecule has 0 heterocycles. The number of ether oxygens (including phenoxy) is 1. The Labute approximate surface area is 117 Å². The molecule has 2 N–H and O–H groups in total. The zero-order valence-electron chi connectivity index (χ0n) is 12.6. The Morgan fingerprint density at radius 2 is 1.89 bits per heavy atom. The van der Waals surface area contributed by atoms with Crippen LogP contribution in [0.1, 0.15) is 32.8 Å². The van der Waals surface area contributed by atoms with Gasteiger partial charge in [-0.15, -0.1) is 0 Å². The standard InChI is InChI=1S/C16H27NO2/c1-5-13(11-18)10-17-12-16(2,3)14-6-8-15(19-4)9-7-14/h6-9,13,17-18H,5,10-12H2,1-4H3. The summed E-state index contributed by atoms with van der Waals surface area (Å²) < 4.78 is 5.18. The number of nitrogens with one attached hydrogen (secondary N) is 1. The second kappa shape index (κ2) is 7.51. The van der Waals surface area contributed by atoms with Gasteiger partial charge in [-0.05, 0) is 30.0 Å². The maximum Gasteiger partial charge on any atom is 0.118 e. The van der Waals surface area contributed by atoms with E-state index >= 15 is 0 Å². The number of benzene rings is 1. The molecule has 1 unspecified atom stereocenters. The molecule has 0 bridgehead atoms. The van der Waals surface area contributed by atoms with Crippen LogP contribution in [0.15, 0.2) is 24.3 Å². The largest absolute Gasteiger partial charge is 0.497 e. The second-order valence-corrected chi connectivity index (χ2v) is 5.70. The predicted molar refractivity (Wildman–Crippen MR) is 79.8 cm³/mol. The van der Waals surface area contributed by atoms with Gasteiger partial charge in [0.15, 0.2) is 0 Å². The van der Waals surface area contributed by atoms with Crippen molar-refractivity contribution in [2.24, 2.45) is 5.92 Å². The van der Waals surface area contributed by atoms with Gasteiger partial charge in [0, 0.05) is 25.1 Å². The Bertz CT molecular complexity index is 356. The van der Waals surface area contributed by atoms with E-state index in [9.17, 15) is 5.11 Å². The predicted octanol–water partition coefficient (Wildman–Crippen LogP) is 2.58. The first kappa shape index (κ1) is 16.0. The van der Waals surface area contributed by atoms with Gasteiger partial charge in [0.05, 0.1) is 7.11 Å². The highest BCUT2D eigenvalue weighted by atomic mass is 16.5. The van der Waals surface area contributed by atoms with Crippen molar-refractivity contribution in [1.29, 1.82) is 0 Å². The van der Waals surface area contributed by atoms with Crippen molar-refractivity contribution in [3.8, 4) is 5.75 Å². The average Bonchev–Trinajstić information content (AvgIpc) is 2.43. The van der Waals surface area contributed by atoms with Crippen LogP contribution in [0.3, 0.4) is 0 Å². The normalized spacial score (nSPS) is 13.3. The fourth-order valence-electron chi connectivity index (χ4n) is 2.07. The average molecular weight is 265 g/mol. The molecule has 1 aromatic carbocycles. The lowest BCUT2D eigenvalue weighted by Gasteiger charge is -2.27. The Balaban J connectivity index is 2.54. The molecule has 3 nitrogen and oxygen atoms in total. The van der Waals surface area contributed by atoms with E-state index in [0.717, 1.165) is 25.3 Å². The summed E-state index contributed by atoms with van der Waals surface area (Å²) in [5.41, 5.74) is 1.36. The van der Waals surface area contributed by atoms with E-state index in [0.29, 0.717) is 5.92 Å². The number of hydrogen-bond acceptors (Lipinski definition) is 3. The van der Waals surface area contributed by atoms with Gasteiger partial charge in [-0.2, -0.15) is 0 Å². The Hall–Kier alpha value is -1.06. The number of methoxy groups -OCH3 is 1. The van der Waals surface area contributed by atoms with E-state index in [1.807, 2.05) is 12.1 Å². The highest BCUT2D eigenvalue weighted by molar-refractivity contribution is 5.31. The van der Waals surface area contributed by atoms with Crippen LogP contribution in [-0.2, 0) is 5.41 Å². The number of hydrogen-bond donors (Lipinski definition) is 2. The summed E-state index contributed by atoms with van der Waals surface area (Å²) in [6, 6.07) is 8.23. The van der Waals surface area contributed by atoms with E-state index in [2.05, 4.69) is 38.2 Å². The first-order valence-corrected chi connectivity index (χ1v) is 6.99. The lowest BCUT2D eigenvalue weighted by Crippen LogP contribution is -2.36. The molecular formula is C16H27NO2. The smallest absolute Gasteiger partial charge is 0.118 e. The van der Waals surface area contributed by atoms with Crippen LogP contribution in [0.2, 0.25) is 0 Å². The summed E-state index contributed by atoms with van der Waals surface area (Å²) in [7, 11) is 1.68. The summed E-state index contributed by atoms with van der Waals surface area (Å²) in [6.07, 6.45) is 1.01. The Morgan fingerprint density at radius 1 is 1.26 bits per heavy atom. The second-order valence-electron chi connectivity index (χ2n) is 5.70. The van der Waals surface area contributed by atoms with Crippen molar-refractivity contribution in [3.05, 3.63) is 29.8 Å². The van der Waals surface area contributed by atoms with E-state index in [4.69, 9.17) is 4.74 Å². The summed E-state index contributed by atoms with van der Waals surface area (Å²) in [5.74, 6) is 1.24. The molecule has 0 aromatic heterocycles. The monoisotopic (exact) mass is 265 g/mol. The molecular weight excluding hydrogens is 238 g/mol. The molecule has 0 radical (unpaired) electrons. The molecule has 0 saturated heterocycles. The van der Waals surface area contributed by atoms with Crippen molar-refractivity contribution in [2.45, 2.75) is 32.6 Å². The zero-order chi connectivity index (χ0) is 14.3. The van der Waals surface area contributed by atoms with Gasteiger partial charge in [-0.1, -0.05) is 32.9 Å². The van der Waals surface area contributed by atoms with Crippen LogP contribution < -0.4 is 10.1 Å². The molecule has 0 spiro atoms. The van der Waals surface area contributed by atoms with E-state index in [1.54, 1.807) is 7.11 Å². The molecule has 1 aromatic rings. The third-order valence-corrected chi connectivity index (χ3v) is 3.71. The van der Waals surface area contributed by atoms with Crippen LogP contribution in [0, 0.1) is 5.92 Å². The van der Waals surface area contributed by atoms with Crippen LogP contribution in [0.4, 0.5) is 0 Å². The highest BCUT2D eigenvalue weighted by Crippen LogP contribution is 2.24. The van der Waals surface area contributed by atoms with Crippen molar-refractivity contribution in [3.63, 3.8) is 0 Å². The molecule has 0 saturated carbocycles. The maximum absolute atomic E-state index is 9.18. The fourth-order valence-corrected chi connectivity index (χ4v) is 2.07. The van der Waals surface area contributed by atoms with Crippen LogP contribution in [-0.4, -0.2) is 31.9 Å². The first-order valence-electron chi connectivity index (χ1n) is 6.99. The summed E-state index contributed by atoms with van der Waals surface area (Å²) in [6.45, 7) is 8.58. The highest BCUT2D eigenvalue weighted by Gasteiger charge is 2.20. The van der Waals surface area contributed by atoms with E-state index in [1.165, 1.54) is 5.56 Å². The number of aliphatic hydroxyl groups excluding tert-OH is 1. The minimum atomic E-state index is 0.0695. The van der Waals surface area contributed by atoms with Crippen molar-refractivity contribution < 1.29 is 9.84 Å². The van der Waals surface area contributed by atoms with Gasteiger partial charge in [-0.25, -0.2) is 0 Å². The summed E-state index contributed by atoms with van der Waals surface area (Å²) in [5, 5.41) is 12.6. The van der Waals surface area contributed by atoms with E-state index in [-0.39, 0.29) is 12.0 Å². The minimum absolute atomic E-state index is 0.0695. The van der Waals surface area contributed by atoms with Crippen LogP contribution >= 0.6 is 0 Å². The maximum atomic E-state index is 9.18. The molecule has 1 rings (SSSR count). The molecule has 3 heteroatoms. The molecule has 0 amide bonds. The van der Waals surface area contributed by atoms with Crippen LogP contribution in [0.25, 0.3) is 0 Å². The molecule has 0 fully saturated rings. The SMILES string of the molecule is CCC(CO)CNCC(C)(C)c1ccc(OC)cc1. The lowest BCUT2D eigenvalue weighted by molar-refractivity contribution is 0.216. The zero-order valence-corrected chi connectivity index (χ0v) is 12.6. The van der Waals surface area contributed by atoms with Crippen molar-refractivity contribution in [2.75, 3.05) is 26.8 Å². The Morgan fingerprint density at radius 3 is 2.37 bits per heavy atom. The van der Waals surface area contributed by atoms with Crippen molar-refractivity contribution in [1.82, 2.24) is 5.32 Å². The number of rotatable bonds is 8. The molecule has 108 valence electrons. The summed E-state index contributed by atoms with van der Waals surface area (Å²) in [4.78, 5) is 0. The molecule has 0 aliphatic carbocycles. The van der Waals surface area contributed by atoms with E-state index < -0.39 is 0 Å². The quantitative estimate of drug-likeness (QED) is 0.759. The lowest BCUT2D eigenvalue weighted by atomic mass is 9.84. The van der Waals surface area contributed by atoms with Crippen LogP contribution in [0.5, 0.6) is 5.75 Å². The third kappa shape index (κ3) is 4.84. The number of aliphatic hydroxyl groups is 1. The van der Waals surface area contributed by atoms with Gasteiger partial charge >= 0.3 is 0 Å². The van der Waals surface area contributed by atoms with Gasteiger partial charge in [-0.3, -0.25) is 0 Å². The first-order chi connectivity index (χ1) is 9.03. The van der Waals surface area contributed by atoms with Gasteiger partial charge < -0.3 is 15.2 Å². The van der Waals surface area contributed by atoms with Crippen molar-refractivity contribution >= 4 is 0 Å². The minimum Gasteiger partial charge on any atom is -0.497 e. The summed E-state index contributed by atoms with van der Waals surface area (Å²) >= 11 is 0. The molecule has 0 aliphatic heterocycles. The Kier molecular flexibility index (Phi) is 6.32. The fraction of sp³-hybridized carbons (Fsp3) is 0.625. The third-order valence-electron chi connectivity index (χ3n) is 3.71. The van der Waals surface area contributed by atoms with Gasteiger partial charge in [0.25, 0.3) is 0 Å².